The van der Waals surface area contributed by atoms with Gasteiger partial charge in [0, 0.05) is 29.8 Å². The van der Waals surface area contributed by atoms with Crippen LogP contribution in [0.4, 0.5) is 0 Å². The summed E-state index contributed by atoms with van der Waals surface area (Å²) < 4.78 is 11.9. The van der Waals surface area contributed by atoms with Gasteiger partial charge in [0.15, 0.2) is 6.10 Å². The first-order chi connectivity index (χ1) is 13.6. The first-order valence-electron chi connectivity index (χ1n) is 9.39. The predicted molar refractivity (Wildman–Crippen MR) is 108 cm³/mol. The number of nitrogens with one attached hydrogen (secondary N) is 1. The van der Waals surface area contributed by atoms with E-state index in [4.69, 9.17) is 9.47 Å². The van der Waals surface area contributed by atoms with Gasteiger partial charge in [0.1, 0.15) is 11.5 Å². The van der Waals surface area contributed by atoms with E-state index in [0.29, 0.717) is 12.3 Å². The Balaban J connectivity index is 1.66. The molecule has 142 valence electrons. The van der Waals surface area contributed by atoms with Crippen LogP contribution in [0.1, 0.15) is 19.4 Å². The molecule has 0 aliphatic carbocycles. The van der Waals surface area contributed by atoms with Crippen LogP contribution in [0.5, 0.6) is 17.4 Å². The molecule has 2 heterocycles. The van der Waals surface area contributed by atoms with Gasteiger partial charge < -0.3 is 14.8 Å². The Morgan fingerprint density at radius 2 is 1.82 bits per heavy atom. The Bertz CT molecular complexity index is 986. The van der Waals surface area contributed by atoms with Gasteiger partial charge in [-0.05, 0) is 43.7 Å². The van der Waals surface area contributed by atoms with Crippen LogP contribution in [0.15, 0.2) is 66.9 Å². The van der Waals surface area contributed by atoms with E-state index in [-0.39, 0.29) is 11.9 Å². The molecule has 0 fully saturated rings. The molecule has 1 unspecified atom stereocenters. The molecule has 0 saturated carbocycles. The molecule has 0 bridgehead atoms. The van der Waals surface area contributed by atoms with Gasteiger partial charge in [-0.15, -0.1) is 0 Å². The fourth-order valence-electron chi connectivity index (χ4n) is 3.30. The lowest BCUT2D eigenvalue weighted by Crippen LogP contribution is -2.40. The number of nitrogens with zero attached hydrogens (tertiary/aromatic N) is 1. The first kappa shape index (κ1) is 18.0. The minimum atomic E-state index is -0.562. The monoisotopic (exact) mass is 374 g/mol. The molecule has 1 aliphatic heterocycles. The third-order valence-electron chi connectivity index (χ3n) is 4.53. The van der Waals surface area contributed by atoms with E-state index in [1.54, 1.807) is 6.20 Å². The van der Waals surface area contributed by atoms with Crippen molar-refractivity contribution in [2.24, 2.45) is 0 Å². The first-order valence-corrected chi connectivity index (χ1v) is 9.39. The van der Waals surface area contributed by atoms with E-state index in [2.05, 4.69) is 10.3 Å². The number of amides is 1. The zero-order valence-electron chi connectivity index (χ0n) is 15.9. The fourth-order valence-corrected chi connectivity index (χ4v) is 3.30. The van der Waals surface area contributed by atoms with Crippen molar-refractivity contribution in [3.8, 4) is 28.5 Å². The highest BCUT2D eigenvalue weighted by Gasteiger charge is 2.32. The van der Waals surface area contributed by atoms with E-state index >= 15 is 0 Å². The summed E-state index contributed by atoms with van der Waals surface area (Å²) in [4.78, 5) is 16.7. The highest BCUT2D eigenvalue weighted by molar-refractivity contribution is 5.84. The number of ether oxygens (including phenoxy) is 2. The van der Waals surface area contributed by atoms with E-state index in [9.17, 15) is 4.79 Å². The van der Waals surface area contributed by atoms with E-state index in [1.807, 2.05) is 74.5 Å². The molecule has 0 radical (unpaired) electrons. The molecule has 1 aromatic heterocycles. The van der Waals surface area contributed by atoms with Crippen molar-refractivity contribution in [2.75, 3.05) is 0 Å². The number of aromatic nitrogens is 1. The molecule has 2 aromatic carbocycles. The number of fused-ring (bicyclic) bond motifs is 1. The number of carbonyl (C=O) groups is 1. The molecule has 4 rings (SSSR count). The molecular formula is C23H22N2O3. The Morgan fingerprint density at radius 1 is 1.07 bits per heavy atom. The van der Waals surface area contributed by atoms with Crippen molar-refractivity contribution in [2.45, 2.75) is 32.4 Å². The summed E-state index contributed by atoms with van der Waals surface area (Å²) in [6.45, 7) is 3.86. The van der Waals surface area contributed by atoms with Crippen LogP contribution in [0.3, 0.4) is 0 Å². The van der Waals surface area contributed by atoms with Gasteiger partial charge in [-0.2, -0.15) is 0 Å². The largest absolute Gasteiger partial charge is 0.464 e. The Morgan fingerprint density at radius 3 is 2.61 bits per heavy atom. The number of benzene rings is 2. The predicted octanol–water partition coefficient (Wildman–Crippen LogP) is 4.37. The minimum Gasteiger partial charge on any atom is -0.464 e. The van der Waals surface area contributed by atoms with Gasteiger partial charge in [-0.25, -0.2) is 4.98 Å². The maximum absolute atomic E-state index is 12.4. The lowest BCUT2D eigenvalue weighted by molar-refractivity contribution is -0.127. The fraction of sp³-hybridized carbons (Fsp3) is 0.217. The molecule has 1 atom stereocenters. The SMILES string of the molecule is CC(C)NC(=O)C1Cc2c(-c3ccccc3Oc3ccccc3)ccnc2O1. The van der Waals surface area contributed by atoms with Gasteiger partial charge in [0.2, 0.25) is 5.88 Å². The van der Waals surface area contributed by atoms with Crippen LogP contribution in [0.25, 0.3) is 11.1 Å². The number of para-hydroxylation sites is 2. The van der Waals surface area contributed by atoms with Gasteiger partial charge in [-0.1, -0.05) is 36.4 Å². The smallest absolute Gasteiger partial charge is 0.261 e. The summed E-state index contributed by atoms with van der Waals surface area (Å²) in [5.41, 5.74) is 2.84. The van der Waals surface area contributed by atoms with E-state index in [1.165, 1.54) is 0 Å². The summed E-state index contributed by atoms with van der Waals surface area (Å²) in [6.07, 6.45) is 1.63. The number of carbonyl (C=O) groups excluding carboxylic acids is 1. The third kappa shape index (κ3) is 3.69. The molecule has 5 heteroatoms. The molecule has 0 saturated heterocycles. The molecule has 0 spiro atoms. The Labute approximate surface area is 164 Å². The molecular weight excluding hydrogens is 352 g/mol. The summed E-state index contributed by atoms with van der Waals surface area (Å²) in [5, 5.41) is 2.91. The van der Waals surface area contributed by atoms with Gasteiger partial charge in [0.05, 0.1) is 0 Å². The second-order valence-corrected chi connectivity index (χ2v) is 7.03. The van der Waals surface area contributed by atoms with E-state index < -0.39 is 6.10 Å². The van der Waals surface area contributed by atoms with Crippen molar-refractivity contribution < 1.29 is 14.3 Å². The lowest BCUT2D eigenvalue weighted by Gasteiger charge is -2.13. The number of hydrogen-bond donors (Lipinski definition) is 1. The van der Waals surface area contributed by atoms with Crippen molar-refractivity contribution in [1.82, 2.24) is 10.3 Å². The number of pyridine rings is 1. The molecule has 1 N–H and O–H groups in total. The summed E-state index contributed by atoms with van der Waals surface area (Å²) in [6, 6.07) is 19.5. The average molecular weight is 374 g/mol. The van der Waals surface area contributed by atoms with Crippen molar-refractivity contribution in [3.63, 3.8) is 0 Å². The molecule has 28 heavy (non-hydrogen) atoms. The average Bonchev–Trinajstić information content (AvgIpc) is 3.13. The maximum Gasteiger partial charge on any atom is 0.261 e. The van der Waals surface area contributed by atoms with Crippen molar-refractivity contribution in [1.29, 1.82) is 0 Å². The second kappa shape index (κ2) is 7.72. The minimum absolute atomic E-state index is 0.0623. The number of hydrogen-bond acceptors (Lipinski definition) is 4. The van der Waals surface area contributed by atoms with Gasteiger partial charge in [0.25, 0.3) is 5.91 Å². The van der Waals surface area contributed by atoms with Crippen LogP contribution in [-0.4, -0.2) is 23.0 Å². The third-order valence-corrected chi connectivity index (χ3v) is 4.53. The highest BCUT2D eigenvalue weighted by Crippen LogP contribution is 2.40. The van der Waals surface area contributed by atoms with Crippen LogP contribution >= 0.6 is 0 Å². The summed E-state index contributed by atoms with van der Waals surface area (Å²) in [7, 11) is 0. The second-order valence-electron chi connectivity index (χ2n) is 7.03. The quantitative estimate of drug-likeness (QED) is 0.720. The summed E-state index contributed by atoms with van der Waals surface area (Å²) in [5.74, 6) is 1.91. The molecule has 3 aromatic rings. The van der Waals surface area contributed by atoms with Crippen molar-refractivity contribution >= 4 is 5.91 Å². The maximum atomic E-state index is 12.4. The zero-order chi connectivity index (χ0) is 19.5. The van der Waals surface area contributed by atoms with Crippen LogP contribution in [0, 0.1) is 0 Å². The highest BCUT2D eigenvalue weighted by atomic mass is 16.5. The van der Waals surface area contributed by atoms with Gasteiger partial charge in [-0.3, -0.25) is 4.79 Å². The standard InChI is InChI=1S/C23H22N2O3/c1-15(2)25-22(26)21-14-19-17(12-13-24-23(19)28-21)18-10-6-7-11-20(18)27-16-8-4-3-5-9-16/h3-13,15,21H,14H2,1-2H3,(H,25,26). The summed E-state index contributed by atoms with van der Waals surface area (Å²) >= 11 is 0. The van der Waals surface area contributed by atoms with Crippen molar-refractivity contribution in [3.05, 3.63) is 72.4 Å². The Kier molecular flexibility index (Phi) is 4.98. The molecule has 1 aliphatic rings. The molecule has 5 nitrogen and oxygen atoms in total. The number of rotatable bonds is 5. The van der Waals surface area contributed by atoms with Crippen LogP contribution in [0.2, 0.25) is 0 Å². The zero-order valence-corrected chi connectivity index (χ0v) is 15.9. The molecule has 1 amide bonds. The van der Waals surface area contributed by atoms with E-state index in [0.717, 1.165) is 28.2 Å². The normalized spacial score (nSPS) is 15.0. The van der Waals surface area contributed by atoms with Crippen LogP contribution < -0.4 is 14.8 Å². The van der Waals surface area contributed by atoms with Gasteiger partial charge >= 0.3 is 0 Å². The lowest BCUT2D eigenvalue weighted by atomic mass is 9.98. The van der Waals surface area contributed by atoms with Crippen LogP contribution in [-0.2, 0) is 11.2 Å². The topological polar surface area (TPSA) is 60.5 Å². The Hall–Kier alpha value is -3.34.